The predicted molar refractivity (Wildman–Crippen MR) is 120 cm³/mol. The summed E-state index contributed by atoms with van der Waals surface area (Å²) >= 11 is 1.58. The molecule has 1 N–H and O–H groups in total. The normalized spacial score (nSPS) is 19.3. The third-order valence-corrected chi connectivity index (χ3v) is 6.17. The number of morpholine rings is 1. The van der Waals surface area contributed by atoms with E-state index in [0.29, 0.717) is 36.7 Å². The highest BCUT2D eigenvalue weighted by Gasteiger charge is 2.28. The van der Waals surface area contributed by atoms with Crippen LogP contribution in [0.4, 0.5) is 5.95 Å². The van der Waals surface area contributed by atoms with Crippen LogP contribution in [-0.4, -0.2) is 60.1 Å². The molecule has 1 aliphatic rings. The molecule has 4 rings (SSSR count). The summed E-state index contributed by atoms with van der Waals surface area (Å²) in [6, 6.07) is 1.87. The van der Waals surface area contributed by atoms with Gasteiger partial charge < -0.3 is 14.2 Å². The SMILES string of the molecule is Cc1ccnc(SCCCn2c(N3C[C@@H](C)O[C@H](C)C3)nc3c2c(=O)[nH]c(=O)n3C)n1. The van der Waals surface area contributed by atoms with Crippen molar-refractivity contribution < 1.29 is 4.74 Å². The standard InChI is InChI=1S/C20H27N7O3S/c1-12-6-7-21-18(22-12)31-9-5-8-27-15-16(25(4)20(29)24-17(15)28)23-19(27)26-10-13(2)30-14(3)11-26/h6-7,13-14H,5,8-11H2,1-4H3,(H,24,28,29)/t13-,14-/m1/s1. The highest BCUT2D eigenvalue weighted by molar-refractivity contribution is 7.99. The van der Waals surface area contributed by atoms with Crippen molar-refractivity contribution in [3.05, 3.63) is 38.8 Å². The number of aromatic nitrogens is 6. The Hall–Kier alpha value is -2.66. The molecule has 1 aliphatic heterocycles. The number of aryl methyl sites for hydroxylation is 3. The second-order valence-corrected chi connectivity index (χ2v) is 8.96. The Bertz CT molecular complexity index is 1190. The summed E-state index contributed by atoms with van der Waals surface area (Å²) in [4.78, 5) is 42.8. The zero-order chi connectivity index (χ0) is 22.1. The average Bonchev–Trinajstić information content (AvgIpc) is 3.09. The Labute approximate surface area is 183 Å². The van der Waals surface area contributed by atoms with Gasteiger partial charge in [0.1, 0.15) is 0 Å². The number of H-pyrrole nitrogens is 1. The number of hydrogen-bond donors (Lipinski definition) is 1. The van der Waals surface area contributed by atoms with Crippen LogP contribution in [0.1, 0.15) is 26.0 Å². The fourth-order valence-electron chi connectivity index (χ4n) is 3.90. The minimum Gasteiger partial charge on any atom is -0.372 e. The van der Waals surface area contributed by atoms with Crippen LogP contribution in [-0.2, 0) is 18.3 Å². The molecule has 4 heterocycles. The number of hydrogen-bond acceptors (Lipinski definition) is 8. The Morgan fingerprint density at radius 3 is 2.68 bits per heavy atom. The number of nitrogens with one attached hydrogen (secondary N) is 1. The largest absolute Gasteiger partial charge is 0.372 e. The monoisotopic (exact) mass is 445 g/mol. The van der Waals surface area contributed by atoms with Crippen molar-refractivity contribution in [2.45, 2.75) is 51.1 Å². The van der Waals surface area contributed by atoms with Crippen molar-refractivity contribution in [3.63, 3.8) is 0 Å². The van der Waals surface area contributed by atoms with Crippen LogP contribution in [0.15, 0.2) is 27.0 Å². The molecule has 11 heteroatoms. The second-order valence-electron chi connectivity index (χ2n) is 7.90. The van der Waals surface area contributed by atoms with Crippen LogP contribution in [0.2, 0.25) is 0 Å². The van der Waals surface area contributed by atoms with E-state index in [1.807, 2.05) is 31.4 Å². The maximum absolute atomic E-state index is 12.7. The molecule has 0 radical (unpaired) electrons. The molecule has 2 atom stereocenters. The zero-order valence-electron chi connectivity index (χ0n) is 18.2. The second kappa shape index (κ2) is 8.83. The lowest BCUT2D eigenvalue weighted by Crippen LogP contribution is -2.46. The number of thioether (sulfide) groups is 1. The van der Waals surface area contributed by atoms with E-state index in [9.17, 15) is 9.59 Å². The molecule has 0 aromatic carbocycles. The predicted octanol–water partition coefficient (Wildman–Crippen LogP) is 1.32. The minimum atomic E-state index is -0.468. The number of ether oxygens (including phenoxy) is 1. The van der Waals surface area contributed by atoms with Gasteiger partial charge in [-0.15, -0.1) is 0 Å². The number of fused-ring (bicyclic) bond motifs is 1. The topological polar surface area (TPSA) is 111 Å². The first-order valence-electron chi connectivity index (χ1n) is 10.4. The highest BCUT2D eigenvalue weighted by atomic mass is 32.2. The van der Waals surface area contributed by atoms with Crippen LogP contribution >= 0.6 is 11.8 Å². The van der Waals surface area contributed by atoms with E-state index in [1.165, 1.54) is 4.57 Å². The number of nitrogens with zero attached hydrogens (tertiary/aromatic N) is 6. The molecule has 0 spiro atoms. The van der Waals surface area contributed by atoms with Gasteiger partial charge in [0.2, 0.25) is 5.95 Å². The maximum Gasteiger partial charge on any atom is 0.329 e. The van der Waals surface area contributed by atoms with Gasteiger partial charge in [0, 0.05) is 44.3 Å². The van der Waals surface area contributed by atoms with Crippen molar-refractivity contribution in [2.24, 2.45) is 7.05 Å². The molecule has 166 valence electrons. The first kappa shape index (κ1) is 21.6. The minimum absolute atomic E-state index is 0.0492. The molecule has 31 heavy (non-hydrogen) atoms. The van der Waals surface area contributed by atoms with E-state index in [4.69, 9.17) is 9.72 Å². The van der Waals surface area contributed by atoms with Crippen molar-refractivity contribution in [2.75, 3.05) is 23.7 Å². The third-order valence-electron chi connectivity index (χ3n) is 5.22. The lowest BCUT2D eigenvalue weighted by molar-refractivity contribution is -0.00588. The molecule has 1 saturated heterocycles. The molecule has 0 aliphatic carbocycles. The smallest absolute Gasteiger partial charge is 0.329 e. The van der Waals surface area contributed by atoms with E-state index in [1.54, 1.807) is 25.0 Å². The van der Waals surface area contributed by atoms with Gasteiger partial charge in [-0.2, -0.15) is 4.98 Å². The average molecular weight is 446 g/mol. The molecule has 10 nitrogen and oxygen atoms in total. The van der Waals surface area contributed by atoms with Gasteiger partial charge in [0.25, 0.3) is 5.56 Å². The summed E-state index contributed by atoms with van der Waals surface area (Å²) in [6.45, 7) is 7.92. The van der Waals surface area contributed by atoms with Gasteiger partial charge in [0.15, 0.2) is 16.3 Å². The summed E-state index contributed by atoms with van der Waals surface area (Å²) in [5, 5.41) is 0.742. The number of imidazole rings is 1. The highest BCUT2D eigenvalue weighted by Crippen LogP contribution is 2.24. The Morgan fingerprint density at radius 1 is 1.23 bits per heavy atom. The van der Waals surface area contributed by atoms with Crippen molar-refractivity contribution in [3.8, 4) is 0 Å². The van der Waals surface area contributed by atoms with Crippen LogP contribution in [0.5, 0.6) is 0 Å². The van der Waals surface area contributed by atoms with Gasteiger partial charge in [0.05, 0.1) is 12.2 Å². The zero-order valence-corrected chi connectivity index (χ0v) is 19.0. The van der Waals surface area contributed by atoms with E-state index >= 15 is 0 Å². The summed E-state index contributed by atoms with van der Waals surface area (Å²) < 4.78 is 9.17. The number of anilines is 1. The quantitative estimate of drug-likeness (QED) is 0.344. The van der Waals surface area contributed by atoms with E-state index < -0.39 is 11.2 Å². The van der Waals surface area contributed by atoms with Gasteiger partial charge in [-0.3, -0.25) is 14.3 Å². The summed E-state index contributed by atoms with van der Waals surface area (Å²) in [7, 11) is 1.62. The van der Waals surface area contributed by atoms with Crippen molar-refractivity contribution in [1.82, 2.24) is 29.1 Å². The maximum atomic E-state index is 12.7. The molecule has 0 bridgehead atoms. The van der Waals surface area contributed by atoms with Gasteiger partial charge >= 0.3 is 5.69 Å². The Morgan fingerprint density at radius 2 is 1.97 bits per heavy atom. The van der Waals surface area contributed by atoms with Crippen LogP contribution in [0.25, 0.3) is 11.2 Å². The molecular weight excluding hydrogens is 418 g/mol. The first-order chi connectivity index (χ1) is 14.8. The first-order valence-corrected chi connectivity index (χ1v) is 11.3. The number of rotatable bonds is 6. The van der Waals surface area contributed by atoms with Gasteiger partial charge in [-0.1, -0.05) is 11.8 Å². The van der Waals surface area contributed by atoms with E-state index in [0.717, 1.165) is 23.0 Å². The molecular formula is C20H27N7O3S. The Kier molecular flexibility index (Phi) is 6.15. The lowest BCUT2D eigenvalue weighted by atomic mass is 10.2. The lowest BCUT2D eigenvalue weighted by Gasteiger charge is -2.36. The van der Waals surface area contributed by atoms with Crippen molar-refractivity contribution in [1.29, 1.82) is 0 Å². The molecule has 1 fully saturated rings. The van der Waals surface area contributed by atoms with Gasteiger partial charge in [-0.05, 0) is 33.3 Å². The fraction of sp³-hybridized carbons (Fsp3) is 0.550. The van der Waals surface area contributed by atoms with Crippen LogP contribution < -0.4 is 16.1 Å². The van der Waals surface area contributed by atoms with Crippen LogP contribution in [0.3, 0.4) is 0 Å². The Balaban J connectivity index is 1.64. The van der Waals surface area contributed by atoms with Crippen molar-refractivity contribution >= 4 is 28.9 Å². The summed E-state index contributed by atoms with van der Waals surface area (Å²) in [5.41, 5.74) is 0.861. The van der Waals surface area contributed by atoms with E-state index in [-0.39, 0.29) is 12.2 Å². The molecule has 0 amide bonds. The summed E-state index contributed by atoms with van der Waals surface area (Å²) in [6.07, 6.45) is 2.65. The van der Waals surface area contributed by atoms with Gasteiger partial charge in [-0.25, -0.2) is 14.8 Å². The number of aromatic amines is 1. The molecule has 3 aromatic heterocycles. The molecule has 3 aromatic rings. The molecule has 0 saturated carbocycles. The third kappa shape index (κ3) is 4.52. The summed E-state index contributed by atoms with van der Waals surface area (Å²) in [5.74, 6) is 1.49. The van der Waals surface area contributed by atoms with Crippen LogP contribution in [0, 0.1) is 6.92 Å². The fourth-order valence-corrected chi connectivity index (χ4v) is 4.70. The molecule has 0 unspecified atom stereocenters. The van der Waals surface area contributed by atoms with E-state index in [2.05, 4.69) is 19.9 Å².